The molecule has 2 aromatic rings. The minimum Gasteiger partial charge on any atom is -0.383 e. The van der Waals surface area contributed by atoms with Gasteiger partial charge in [-0.15, -0.1) is 0 Å². The molecule has 0 aliphatic carbocycles. The van der Waals surface area contributed by atoms with Crippen molar-refractivity contribution < 1.29 is 4.79 Å². The fourth-order valence-corrected chi connectivity index (χ4v) is 2.11. The van der Waals surface area contributed by atoms with E-state index in [-0.39, 0.29) is 5.91 Å². The number of halogens is 1. The molecule has 2 rings (SSSR count). The first-order chi connectivity index (χ1) is 10.1. The van der Waals surface area contributed by atoms with Gasteiger partial charge in [0.15, 0.2) is 0 Å². The summed E-state index contributed by atoms with van der Waals surface area (Å²) in [6.07, 6.45) is 0.414. The summed E-state index contributed by atoms with van der Waals surface area (Å²) in [4.78, 5) is 11.8. The minimum atomic E-state index is 0.0233. The normalized spacial score (nSPS) is 10.2. The van der Waals surface area contributed by atoms with Gasteiger partial charge < -0.3 is 10.6 Å². The van der Waals surface area contributed by atoms with Gasteiger partial charge in [-0.2, -0.15) is 0 Å². The van der Waals surface area contributed by atoms with E-state index in [1.165, 1.54) is 5.56 Å². The zero-order valence-corrected chi connectivity index (χ0v) is 12.8. The SMILES string of the molecule is Cc1ccc(CNC(=O)CCNc2ccccc2Cl)cc1. The van der Waals surface area contributed by atoms with E-state index < -0.39 is 0 Å². The predicted octanol–water partition coefficient (Wildman–Crippen LogP) is 3.77. The number of carbonyl (C=O) groups is 1. The van der Waals surface area contributed by atoms with Crippen LogP contribution in [-0.2, 0) is 11.3 Å². The third-order valence-electron chi connectivity index (χ3n) is 3.15. The Bertz CT molecular complexity index is 596. The molecule has 2 aromatic carbocycles. The van der Waals surface area contributed by atoms with Crippen molar-refractivity contribution in [3.8, 4) is 0 Å². The van der Waals surface area contributed by atoms with Crippen LogP contribution in [0.5, 0.6) is 0 Å². The summed E-state index contributed by atoms with van der Waals surface area (Å²) in [6.45, 7) is 3.16. The average Bonchev–Trinajstić information content (AvgIpc) is 2.49. The Balaban J connectivity index is 1.70. The molecule has 0 aliphatic rings. The second-order valence-corrected chi connectivity index (χ2v) is 5.33. The van der Waals surface area contributed by atoms with Gasteiger partial charge in [0, 0.05) is 19.5 Å². The van der Waals surface area contributed by atoms with Crippen LogP contribution >= 0.6 is 11.6 Å². The lowest BCUT2D eigenvalue weighted by molar-refractivity contribution is -0.121. The molecule has 0 fully saturated rings. The molecule has 4 heteroatoms. The molecule has 0 saturated carbocycles. The zero-order chi connectivity index (χ0) is 15.1. The van der Waals surface area contributed by atoms with E-state index in [4.69, 9.17) is 11.6 Å². The first-order valence-electron chi connectivity index (χ1n) is 6.96. The largest absolute Gasteiger partial charge is 0.383 e. The van der Waals surface area contributed by atoms with Gasteiger partial charge in [0.2, 0.25) is 5.91 Å². The van der Waals surface area contributed by atoms with E-state index in [1.54, 1.807) is 0 Å². The molecule has 0 atom stereocenters. The third-order valence-corrected chi connectivity index (χ3v) is 3.48. The lowest BCUT2D eigenvalue weighted by Gasteiger charge is -2.09. The Hall–Kier alpha value is -2.00. The average molecular weight is 303 g/mol. The number of nitrogens with one attached hydrogen (secondary N) is 2. The highest BCUT2D eigenvalue weighted by Gasteiger charge is 2.02. The lowest BCUT2D eigenvalue weighted by atomic mass is 10.1. The molecule has 0 aromatic heterocycles. The fraction of sp³-hybridized carbons (Fsp3) is 0.235. The zero-order valence-electron chi connectivity index (χ0n) is 12.0. The van der Waals surface area contributed by atoms with E-state index in [1.807, 2.05) is 55.5 Å². The highest BCUT2D eigenvalue weighted by molar-refractivity contribution is 6.33. The van der Waals surface area contributed by atoms with Gasteiger partial charge in [0.05, 0.1) is 10.7 Å². The van der Waals surface area contributed by atoms with Gasteiger partial charge in [-0.1, -0.05) is 53.6 Å². The molecule has 2 N–H and O–H groups in total. The molecule has 0 heterocycles. The predicted molar refractivity (Wildman–Crippen MR) is 87.6 cm³/mol. The molecule has 21 heavy (non-hydrogen) atoms. The van der Waals surface area contributed by atoms with Crippen LogP contribution in [0.4, 0.5) is 5.69 Å². The highest BCUT2D eigenvalue weighted by atomic mass is 35.5. The van der Waals surface area contributed by atoms with Crippen molar-refractivity contribution >= 4 is 23.2 Å². The number of anilines is 1. The number of para-hydroxylation sites is 1. The quantitative estimate of drug-likeness (QED) is 0.853. The van der Waals surface area contributed by atoms with Gasteiger partial charge in [-0.25, -0.2) is 0 Å². The van der Waals surface area contributed by atoms with Gasteiger partial charge in [-0.05, 0) is 24.6 Å². The van der Waals surface area contributed by atoms with Crippen LogP contribution in [0.2, 0.25) is 5.02 Å². The summed E-state index contributed by atoms with van der Waals surface area (Å²) >= 11 is 6.03. The lowest BCUT2D eigenvalue weighted by Crippen LogP contribution is -2.24. The second-order valence-electron chi connectivity index (χ2n) is 4.92. The van der Waals surface area contributed by atoms with Crippen LogP contribution in [0.15, 0.2) is 48.5 Å². The van der Waals surface area contributed by atoms with Crippen molar-refractivity contribution in [3.05, 3.63) is 64.7 Å². The van der Waals surface area contributed by atoms with E-state index in [9.17, 15) is 4.79 Å². The van der Waals surface area contributed by atoms with Crippen LogP contribution in [0.25, 0.3) is 0 Å². The van der Waals surface area contributed by atoms with Crippen LogP contribution in [0.1, 0.15) is 17.5 Å². The summed E-state index contributed by atoms with van der Waals surface area (Å²) < 4.78 is 0. The summed E-state index contributed by atoms with van der Waals surface area (Å²) in [6, 6.07) is 15.6. The first kappa shape index (κ1) is 15.4. The Morgan fingerprint density at radius 3 is 2.52 bits per heavy atom. The summed E-state index contributed by atoms with van der Waals surface area (Å²) in [7, 11) is 0. The number of benzene rings is 2. The number of amides is 1. The molecule has 0 radical (unpaired) electrons. The van der Waals surface area contributed by atoms with Crippen molar-refractivity contribution in [2.24, 2.45) is 0 Å². The molecule has 0 saturated heterocycles. The maximum absolute atomic E-state index is 11.8. The summed E-state index contributed by atoms with van der Waals surface area (Å²) in [5, 5.41) is 6.73. The Labute approximate surface area is 130 Å². The van der Waals surface area contributed by atoms with E-state index in [0.717, 1.165) is 11.3 Å². The molecule has 0 spiro atoms. The smallest absolute Gasteiger partial charge is 0.222 e. The molecule has 110 valence electrons. The Morgan fingerprint density at radius 2 is 1.81 bits per heavy atom. The van der Waals surface area contributed by atoms with Crippen molar-refractivity contribution in [2.45, 2.75) is 19.9 Å². The maximum atomic E-state index is 11.8. The van der Waals surface area contributed by atoms with Crippen molar-refractivity contribution in [1.82, 2.24) is 5.32 Å². The van der Waals surface area contributed by atoms with Crippen molar-refractivity contribution in [3.63, 3.8) is 0 Å². The molecular formula is C17H19ClN2O. The molecule has 0 aliphatic heterocycles. The Morgan fingerprint density at radius 1 is 1.10 bits per heavy atom. The van der Waals surface area contributed by atoms with Gasteiger partial charge in [0.25, 0.3) is 0 Å². The number of rotatable bonds is 6. The molecule has 3 nitrogen and oxygen atoms in total. The van der Waals surface area contributed by atoms with Crippen molar-refractivity contribution in [2.75, 3.05) is 11.9 Å². The number of hydrogen-bond donors (Lipinski definition) is 2. The fourth-order valence-electron chi connectivity index (χ4n) is 1.91. The summed E-state index contributed by atoms with van der Waals surface area (Å²) in [5.41, 5.74) is 3.17. The van der Waals surface area contributed by atoms with Crippen LogP contribution in [0, 0.1) is 6.92 Å². The van der Waals surface area contributed by atoms with Crippen LogP contribution < -0.4 is 10.6 Å². The molecular weight excluding hydrogens is 284 g/mol. The van der Waals surface area contributed by atoms with E-state index >= 15 is 0 Å². The topological polar surface area (TPSA) is 41.1 Å². The Kier molecular flexibility index (Phi) is 5.64. The second kappa shape index (κ2) is 7.70. The molecule has 0 unspecified atom stereocenters. The number of carbonyl (C=O) groups excluding carboxylic acids is 1. The van der Waals surface area contributed by atoms with E-state index in [2.05, 4.69) is 10.6 Å². The third kappa shape index (κ3) is 5.12. The van der Waals surface area contributed by atoms with Gasteiger partial charge >= 0.3 is 0 Å². The van der Waals surface area contributed by atoms with Crippen LogP contribution in [-0.4, -0.2) is 12.5 Å². The van der Waals surface area contributed by atoms with Gasteiger partial charge in [0.1, 0.15) is 0 Å². The monoisotopic (exact) mass is 302 g/mol. The molecule has 1 amide bonds. The van der Waals surface area contributed by atoms with E-state index in [0.29, 0.717) is 24.5 Å². The summed E-state index contributed by atoms with van der Waals surface area (Å²) in [5.74, 6) is 0.0233. The van der Waals surface area contributed by atoms with Crippen molar-refractivity contribution in [1.29, 1.82) is 0 Å². The minimum absolute atomic E-state index is 0.0233. The first-order valence-corrected chi connectivity index (χ1v) is 7.33. The maximum Gasteiger partial charge on any atom is 0.222 e. The van der Waals surface area contributed by atoms with Gasteiger partial charge in [-0.3, -0.25) is 4.79 Å². The molecule has 0 bridgehead atoms. The number of hydrogen-bond acceptors (Lipinski definition) is 2. The number of aryl methyl sites for hydroxylation is 1. The van der Waals surface area contributed by atoms with Crippen LogP contribution in [0.3, 0.4) is 0 Å². The highest BCUT2D eigenvalue weighted by Crippen LogP contribution is 2.20. The standard InChI is InChI=1S/C17H19ClN2O/c1-13-6-8-14(9-7-13)12-20-17(21)10-11-19-16-5-3-2-4-15(16)18/h2-9,19H,10-12H2,1H3,(H,20,21).